The predicted molar refractivity (Wildman–Crippen MR) is 47.3 cm³/mol. The number of para-hydroxylation sites is 1. The maximum absolute atomic E-state index is 10.3. The lowest BCUT2D eigenvalue weighted by Crippen LogP contribution is -2.32. The van der Waals surface area contributed by atoms with E-state index in [0.717, 1.165) is 10.6 Å². The van der Waals surface area contributed by atoms with E-state index in [-0.39, 0.29) is 0 Å². The number of hydroxylamine groups is 1. The van der Waals surface area contributed by atoms with Crippen molar-refractivity contribution in [2.24, 2.45) is 0 Å². The molecule has 0 fully saturated rings. The minimum absolute atomic E-state index is 0.374. The topological polar surface area (TPSA) is 70.0 Å². The van der Waals surface area contributed by atoms with E-state index in [1.807, 2.05) is 12.1 Å². The molecule has 14 heavy (non-hydrogen) atoms. The Morgan fingerprint density at radius 1 is 1.50 bits per heavy atom. The van der Waals surface area contributed by atoms with Crippen LogP contribution in [0, 0.1) is 0 Å². The van der Waals surface area contributed by atoms with E-state index in [4.69, 9.17) is 5.11 Å². The monoisotopic (exact) mass is 195 g/mol. The van der Waals surface area contributed by atoms with Gasteiger partial charge in [-0.2, -0.15) is 0 Å². The molecule has 0 aromatic heterocycles. The van der Waals surface area contributed by atoms with Crippen LogP contribution in [0.25, 0.3) is 0 Å². The van der Waals surface area contributed by atoms with Crippen molar-refractivity contribution >= 4 is 11.8 Å². The van der Waals surface area contributed by atoms with Gasteiger partial charge in [0.2, 0.25) is 6.23 Å². The molecule has 1 aliphatic rings. The van der Waals surface area contributed by atoms with Crippen molar-refractivity contribution in [1.82, 2.24) is 0 Å². The molecule has 2 N–H and O–H groups in total. The zero-order valence-corrected chi connectivity index (χ0v) is 7.25. The van der Waals surface area contributed by atoms with E-state index < -0.39 is 12.4 Å². The van der Waals surface area contributed by atoms with E-state index in [9.17, 15) is 10.0 Å². The van der Waals surface area contributed by atoms with E-state index in [2.05, 4.69) is 4.74 Å². The SMILES string of the molecule is O=C(O)OC1Cc2ccccc2N1O. The van der Waals surface area contributed by atoms with Gasteiger partial charge in [-0.25, -0.2) is 9.86 Å². The van der Waals surface area contributed by atoms with Crippen LogP contribution in [0.15, 0.2) is 24.3 Å². The molecule has 2 rings (SSSR count). The average molecular weight is 195 g/mol. The van der Waals surface area contributed by atoms with Gasteiger partial charge >= 0.3 is 6.16 Å². The number of carboxylic acid groups (broad SMARTS) is 1. The second-order valence-corrected chi connectivity index (χ2v) is 3.02. The average Bonchev–Trinajstić information content (AvgIpc) is 2.44. The molecule has 1 atom stereocenters. The number of fused-ring (bicyclic) bond motifs is 1. The smallest absolute Gasteiger partial charge is 0.450 e. The fraction of sp³-hybridized carbons (Fsp3) is 0.222. The Balaban J connectivity index is 2.21. The first-order valence-electron chi connectivity index (χ1n) is 4.14. The Morgan fingerprint density at radius 2 is 2.21 bits per heavy atom. The summed E-state index contributed by atoms with van der Waals surface area (Å²) in [6.07, 6.45) is -1.84. The molecule has 0 bridgehead atoms. The van der Waals surface area contributed by atoms with Gasteiger partial charge in [0.25, 0.3) is 0 Å². The van der Waals surface area contributed by atoms with Crippen LogP contribution in [0.4, 0.5) is 10.5 Å². The van der Waals surface area contributed by atoms with Gasteiger partial charge in [0.05, 0.1) is 5.69 Å². The molecule has 0 amide bonds. The number of anilines is 1. The fourth-order valence-corrected chi connectivity index (χ4v) is 1.54. The lowest BCUT2D eigenvalue weighted by molar-refractivity contribution is 0.0163. The summed E-state index contributed by atoms with van der Waals surface area (Å²) in [4.78, 5) is 10.3. The minimum Gasteiger partial charge on any atom is -0.450 e. The van der Waals surface area contributed by atoms with Gasteiger partial charge in [-0.3, -0.25) is 5.21 Å². The molecular formula is C9H9NO4. The van der Waals surface area contributed by atoms with Gasteiger partial charge < -0.3 is 9.84 Å². The van der Waals surface area contributed by atoms with Crippen LogP contribution in [0.1, 0.15) is 5.56 Å². The number of nitrogens with zero attached hydrogens (tertiary/aromatic N) is 1. The molecular weight excluding hydrogens is 186 g/mol. The summed E-state index contributed by atoms with van der Waals surface area (Å²) in [5.41, 5.74) is 1.47. The normalized spacial score (nSPS) is 19.2. The van der Waals surface area contributed by atoms with Gasteiger partial charge in [-0.1, -0.05) is 18.2 Å². The minimum atomic E-state index is -1.39. The lowest BCUT2D eigenvalue weighted by Gasteiger charge is -2.18. The van der Waals surface area contributed by atoms with Gasteiger partial charge in [0, 0.05) is 6.42 Å². The highest BCUT2D eigenvalue weighted by Crippen LogP contribution is 2.30. The van der Waals surface area contributed by atoms with Crippen molar-refractivity contribution in [2.75, 3.05) is 5.06 Å². The summed E-state index contributed by atoms with van der Waals surface area (Å²) in [5.74, 6) is 0. The Hall–Kier alpha value is -1.75. The second-order valence-electron chi connectivity index (χ2n) is 3.02. The Bertz CT molecular complexity index is 366. The summed E-state index contributed by atoms with van der Waals surface area (Å²) in [5, 5.41) is 18.8. The van der Waals surface area contributed by atoms with Crippen molar-refractivity contribution in [3.8, 4) is 0 Å². The lowest BCUT2D eigenvalue weighted by atomic mass is 10.2. The summed E-state index contributed by atoms with van der Waals surface area (Å²) >= 11 is 0. The number of ether oxygens (including phenoxy) is 1. The van der Waals surface area contributed by atoms with Gasteiger partial charge in [-0.05, 0) is 11.6 Å². The van der Waals surface area contributed by atoms with Crippen LogP contribution in [-0.2, 0) is 11.2 Å². The van der Waals surface area contributed by atoms with Gasteiger partial charge in [0.1, 0.15) is 0 Å². The maximum atomic E-state index is 10.3. The van der Waals surface area contributed by atoms with Crippen molar-refractivity contribution in [3.63, 3.8) is 0 Å². The highest BCUT2D eigenvalue weighted by molar-refractivity contribution is 5.61. The first-order chi connectivity index (χ1) is 6.68. The number of benzene rings is 1. The highest BCUT2D eigenvalue weighted by atomic mass is 16.7. The third-order valence-corrected chi connectivity index (χ3v) is 2.14. The highest BCUT2D eigenvalue weighted by Gasteiger charge is 2.30. The van der Waals surface area contributed by atoms with Crippen LogP contribution in [0.5, 0.6) is 0 Å². The first-order valence-corrected chi connectivity index (χ1v) is 4.14. The van der Waals surface area contributed by atoms with Crippen LogP contribution in [-0.4, -0.2) is 22.7 Å². The Labute approximate surface area is 80.1 Å². The van der Waals surface area contributed by atoms with Crippen molar-refractivity contribution in [3.05, 3.63) is 29.8 Å². The molecule has 74 valence electrons. The third-order valence-electron chi connectivity index (χ3n) is 2.14. The molecule has 0 saturated heterocycles. The first kappa shape index (κ1) is 8.83. The molecule has 1 heterocycles. The molecule has 1 aliphatic heterocycles. The summed E-state index contributed by atoms with van der Waals surface area (Å²) in [6.45, 7) is 0. The Kier molecular flexibility index (Phi) is 2.01. The predicted octanol–water partition coefficient (Wildman–Crippen LogP) is 1.46. The molecule has 1 aromatic rings. The van der Waals surface area contributed by atoms with Gasteiger partial charge in [-0.15, -0.1) is 0 Å². The zero-order chi connectivity index (χ0) is 10.1. The van der Waals surface area contributed by atoms with Crippen LogP contribution >= 0.6 is 0 Å². The van der Waals surface area contributed by atoms with E-state index in [1.54, 1.807) is 12.1 Å². The molecule has 5 nitrogen and oxygen atoms in total. The quantitative estimate of drug-likeness (QED) is 0.664. The number of carbonyl (C=O) groups is 1. The second kappa shape index (κ2) is 3.19. The maximum Gasteiger partial charge on any atom is 0.507 e. The molecule has 1 unspecified atom stereocenters. The Morgan fingerprint density at radius 3 is 2.86 bits per heavy atom. The van der Waals surface area contributed by atoms with Crippen molar-refractivity contribution < 1.29 is 19.8 Å². The van der Waals surface area contributed by atoms with Crippen LogP contribution < -0.4 is 5.06 Å². The summed E-state index contributed by atoms with van der Waals surface area (Å²) in [7, 11) is 0. The largest absolute Gasteiger partial charge is 0.507 e. The zero-order valence-electron chi connectivity index (χ0n) is 7.25. The number of hydrogen-bond acceptors (Lipinski definition) is 4. The van der Waals surface area contributed by atoms with Crippen molar-refractivity contribution in [2.45, 2.75) is 12.6 Å². The standard InChI is InChI=1S/C9H9NO4/c11-9(12)14-8-5-6-3-1-2-4-7(6)10(8)13/h1-4,8,13H,5H2,(H,11,12). The van der Waals surface area contributed by atoms with Gasteiger partial charge in [0.15, 0.2) is 0 Å². The molecule has 0 spiro atoms. The molecule has 0 radical (unpaired) electrons. The summed E-state index contributed by atoms with van der Waals surface area (Å²) in [6, 6.07) is 7.13. The molecule has 5 heteroatoms. The van der Waals surface area contributed by atoms with Crippen molar-refractivity contribution in [1.29, 1.82) is 0 Å². The number of rotatable bonds is 1. The van der Waals surface area contributed by atoms with E-state index in [0.29, 0.717) is 12.1 Å². The molecule has 0 saturated carbocycles. The van der Waals surface area contributed by atoms with Crippen LogP contribution in [0.2, 0.25) is 0 Å². The van der Waals surface area contributed by atoms with E-state index >= 15 is 0 Å². The van der Waals surface area contributed by atoms with Crippen LogP contribution in [0.3, 0.4) is 0 Å². The fourth-order valence-electron chi connectivity index (χ4n) is 1.54. The third kappa shape index (κ3) is 1.38. The molecule has 1 aromatic carbocycles. The number of hydrogen-bond donors (Lipinski definition) is 2. The summed E-state index contributed by atoms with van der Waals surface area (Å²) < 4.78 is 4.50. The molecule has 0 aliphatic carbocycles. The van der Waals surface area contributed by atoms with E-state index in [1.165, 1.54) is 0 Å².